The Kier molecular flexibility index (Phi) is 14.5. The molecule has 166 valence electrons. The Labute approximate surface area is 173 Å². The van der Waals surface area contributed by atoms with E-state index >= 15 is 0 Å². The molecule has 0 aromatic heterocycles. The summed E-state index contributed by atoms with van der Waals surface area (Å²) in [7, 11) is 5.50. The van der Waals surface area contributed by atoms with E-state index in [1.54, 1.807) is 0 Å². The van der Waals surface area contributed by atoms with Crippen LogP contribution in [0.5, 0.6) is 0 Å². The fraction of sp³-hybridized carbons (Fsp3) is 0.913. The molecule has 0 spiro atoms. The van der Waals surface area contributed by atoms with Gasteiger partial charge in [-0.2, -0.15) is 0 Å². The van der Waals surface area contributed by atoms with Crippen LogP contribution in [-0.2, 0) is 9.59 Å². The van der Waals surface area contributed by atoms with Gasteiger partial charge >= 0.3 is 0 Å². The average Bonchev–Trinajstić information content (AvgIpc) is 2.56. The molecule has 0 radical (unpaired) electrons. The van der Waals surface area contributed by atoms with E-state index in [0.29, 0.717) is 10.9 Å². The van der Waals surface area contributed by atoms with Crippen molar-refractivity contribution in [3.63, 3.8) is 0 Å². The van der Waals surface area contributed by atoms with Crippen molar-refractivity contribution in [3.05, 3.63) is 0 Å². The van der Waals surface area contributed by atoms with E-state index in [0.717, 1.165) is 12.8 Å². The SMILES string of the molecule is CCCCCCCCCCCCCCC[14C](=O)C(O)(CC(=O)[O-])C[N+](C)(C)C. The topological polar surface area (TPSA) is 77.4 Å². The third-order valence-corrected chi connectivity index (χ3v) is 5.20. The summed E-state index contributed by atoms with van der Waals surface area (Å²) in [5, 5.41) is 21.6. The van der Waals surface area contributed by atoms with Gasteiger partial charge in [-0.1, -0.05) is 84.0 Å². The molecule has 0 saturated carbocycles. The number of hydrogen-bond donors (Lipinski definition) is 1. The predicted molar refractivity (Wildman–Crippen MR) is 113 cm³/mol. The number of Topliss-reactive ketones (excluding diaryl/α,β-unsaturated/α-hetero) is 1. The summed E-state index contributed by atoms with van der Waals surface area (Å²) in [6, 6.07) is 0. The van der Waals surface area contributed by atoms with E-state index in [9.17, 15) is 19.8 Å². The third-order valence-electron chi connectivity index (χ3n) is 5.20. The minimum absolute atomic E-state index is 0.0816. The first-order valence-electron chi connectivity index (χ1n) is 11.4. The van der Waals surface area contributed by atoms with Crippen molar-refractivity contribution in [2.45, 2.75) is 109 Å². The van der Waals surface area contributed by atoms with E-state index in [4.69, 9.17) is 0 Å². The first kappa shape index (κ1) is 27.1. The number of carboxylic acids is 1. The number of carbonyl (C=O) groups excluding carboxylic acids is 2. The van der Waals surface area contributed by atoms with Gasteiger partial charge in [-0.15, -0.1) is 0 Å². The predicted octanol–water partition coefficient (Wildman–Crippen LogP) is 3.61. The maximum absolute atomic E-state index is 12.4. The zero-order valence-electron chi connectivity index (χ0n) is 18.9. The highest BCUT2D eigenvalue weighted by Gasteiger charge is 2.40. The zero-order valence-corrected chi connectivity index (χ0v) is 18.9. The largest absolute Gasteiger partial charge is 0.550 e. The normalized spacial score (nSPS) is 14.0. The molecule has 0 aliphatic carbocycles. The van der Waals surface area contributed by atoms with Crippen molar-refractivity contribution < 1.29 is 24.3 Å². The quantitative estimate of drug-likeness (QED) is 0.265. The Morgan fingerprint density at radius 3 is 1.61 bits per heavy atom. The lowest BCUT2D eigenvalue weighted by Gasteiger charge is -2.34. The van der Waals surface area contributed by atoms with Crippen molar-refractivity contribution >= 4 is 11.8 Å². The molecule has 28 heavy (non-hydrogen) atoms. The van der Waals surface area contributed by atoms with Gasteiger partial charge in [-0.3, -0.25) is 4.79 Å². The number of quaternary nitrogens is 1. The van der Waals surface area contributed by atoms with Crippen LogP contribution in [0.3, 0.4) is 0 Å². The Bertz CT molecular complexity index is 431. The second kappa shape index (κ2) is 15.0. The van der Waals surface area contributed by atoms with Gasteiger partial charge in [0.15, 0.2) is 11.4 Å². The lowest BCUT2D eigenvalue weighted by molar-refractivity contribution is -0.875. The molecular weight excluding hydrogens is 356 g/mol. The number of hydrogen-bond acceptors (Lipinski definition) is 4. The minimum Gasteiger partial charge on any atom is -0.550 e. The lowest BCUT2D eigenvalue weighted by Crippen LogP contribution is -2.56. The van der Waals surface area contributed by atoms with Gasteiger partial charge in [0, 0.05) is 18.8 Å². The fourth-order valence-electron chi connectivity index (χ4n) is 3.80. The van der Waals surface area contributed by atoms with E-state index < -0.39 is 18.0 Å². The second-order valence-corrected chi connectivity index (χ2v) is 9.44. The van der Waals surface area contributed by atoms with Crippen molar-refractivity contribution in [2.75, 3.05) is 27.7 Å². The number of carboxylic acid groups (broad SMARTS) is 1. The molecule has 0 aromatic rings. The molecule has 0 bridgehead atoms. The van der Waals surface area contributed by atoms with Crippen molar-refractivity contribution in [1.29, 1.82) is 0 Å². The van der Waals surface area contributed by atoms with E-state index in [1.165, 1.54) is 64.2 Å². The van der Waals surface area contributed by atoms with E-state index in [1.807, 2.05) is 21.1 Å². The molecule has 5 heteroatoms. The molecule has 0 saturated heterocycles. The summed E-state index contributed by atoms with van der Waals surface area (Å²) < 4.78 is 0.328. The first-order chi connectivity index (χ1) is 13.1. The van der Waals surface area contributed by atoms with Gasteiger partial charge in [0.1, 0.15) is 6.54 Å². The smallest absolute Gasteiger partial charge is 0.177 e. The molecule has 0 aliphatic rings. The number of aliphatic hydroxyl groups is 1. The Balaban J connectivity index is 3.85. The number of carbonyl (C=O) groups is 2. The van der Waals surface area contributed by atoms with Crippen LogP contribution in [-0.4, -0.2) is 54.6 Å². The zero-order chi connectivity index (χ0) is 21.5. The van der Waals surface area contributed by atoms with Crippen LogP contribution in [0.1, 0.15) is 103 Å². The molecule has 0 fully saturated rings. The van der Waals surface area contributed by atoms with Crippen molar-refractivity contribution in [2.24, 2.45) is 0 Å². The lowest BCUT2D eigenvalue weighted by atomic mass is 10.0. The Hall–Kier alpha value is -0.940. The molecule has 5 nitrogen and oxygen atoms in total. The van der Waals surface area contributed by atoms with Crippen LogP contribution in [0.4, 0.5) is 0 Å². The molecule has 1 N–H and O–H groups in total. The fourth-order valence-corrected chi connectivity index (χ4v) is 3.80. The number of aliphatic carboxylic acids is 1. The maximum atomic E-state index is 12.4. The standard InChI is InChI=1S/C23H45NO4/c1-5-6-7-8-9-10-11-12-13-14-15-16-17-18-21(25)23(28,19-22(26)27)20-24(2,3)4/h28H,5-20H2,1-4H3/i21+2. The van der Waals surface area contributed by atoms with Gasteiger partial charge < -0.3 is 19.5 Å². The Morgan fingerprint density at radius 2 is 1.25 bits per heavy atom. The minimum atomic E-state index is -1.83. The van der Waals surface area contributed by atoms with Crippen LogP contribution >= 0.6 is 0 Å². The molecule has 0 aromatic carbocycles. The van der Waals surface area contributed by atoms with Gasteiger partial charge in [0.2, 0.25) is 0 Å². The highest BCUT2D eigenvalue weighted by Crippen LogP contribution is 2.20. The number of likely N-dealkylation sites (N-methyl/N-ethyl adjacent to an activating group) is 1. The van der Waals surface area contributed by atoms with Crippen LogP contribution in [0.15, 0.2) is 0 Å². The highest BCUT2D eigenvalue weighted by molar-refractivity contribution is 5.90. The summed E-state index contributed by atoms with van der Waals surface area (Å²) in [5.41, 5.74) is -1.83. The van der Waals surface area contributed by atoms with Crippen molar-refractivity contribution in [3.8, 4) is 0 Å². The second-order valence-electron chi connectivity index (χ2n) is 9.44. The number of ketones is 1. The van der Waals surface area contributed by atoms with Crippen LogP contribution in [0.2, 0.25) is 0 Å². The monoisotopic (exact) mass is 401 g/mol. The van der Waals surface area contributed by atoms with Crippen LogP contribution in [0.25, 0.3) is 0 Å². The molecule has 1 atom stereocenters. The molecule has 0 aliphatic heterocycles. The molecule has 1 unspecified atom stereocenters. The summed E-state index contributed by atoms with van der Waals surface area (Å²) in [5.74, 6) is -1.75. The van der Waals surface area contributed by atoms with E-state index in [2.05, 4.69) is 6.92 Å². The molecular formula is C23H45NO4. The van der Waals surface area contributed by atoms with Crippen LogP contribution < -0.4 is 5.11 Å². The maximum Gasteiger partial charge on any atom is 0.177 e. The number of rotatable bonds is 19. The van der Waals surface area contributed by atoms with Gasteiger partial charge in [0.25, 0.3) is 0 Å². The summed E-state index contributed by atoms with van der Waals surface area (Å²) in [4.78, 5) is 23.4. The summed E-state index contributed by atoms with van der Waals surface area (Å²) >= 11 is 0. The highest BCUT2D eigenvalue weighted by atomic mass is 16.4. The number of unbranched alkanes of at least 4 members (excludes halogenated alkanes) is 12. The molecule has 0 rings (SSSR count). The van der Waals surface area contributed by atoms with Gasteiger partial charge in [0.05, 0.1) is 21.1 Å². The molecule has 0 amide bonds. The first-order valence-corrected chi connectivity index (χ1v) is 11.4. The summed E-state index contributed by atoms with van der Waals surface area (Å²) in [6.07, 6.45) is 15.6. The van der Waals surface area contributed by atoms with Crippen molar-refractivity contribution in [1.82, 2.24) is 0 Å². The summed E-state index contributed by atoms with van der Waals surface area (Å²) in [6.45, 7) is 2.33. The average molecular weight is 402 g/mol. The molecule has 0 heterocycles. The Morgan fingerprint density at radius 1 is 0.857 bits per heavy atom. The van der Waals surface area contributed by atoms with Gasteiger partial charge in [-0.25, -0.2) is 0 Å². The number of nitrogens with zero attached hydrogens (tertiary/aromatic N) is 1. The van der Waals surface area contributed by atoms with Gasteiger partial charge in [-0.05, 0) is 6.42 Å². The third kappa shape index (κ3) is 15.0. The van der Waals surface area contributed by atoms with Crippen LogP contribution in [0, 0.1) is 0 Å². The van der Waals surface area contributed by atoms with E-state index in [-0.39, 0.29) is 18.7 Å².